The van der Waals surface area contributed by atoms with E-state index in [-0.39, 0.29) is 5.78 Å². The second-order valence-corrected chi connectivity index (χ2v) is 4.28. The minimum Gasteiger partial charge on any atom is -0.294 e. The average Bonchev–Trinajstić information content (AvgIpc) is 2.78. The zero-order valence-corrected chi connectivity index (χ0v) is 9.54. The van der Waals surface area contributed by atoms with Gasteiger partial charge in [0.15, 0.2) is 5.78 Å². The summed E-state index contributed by atoms with van der Waals surface area (Å²) in [6.07, 6.45) is 1.69. The van der Waals surface area contributed by atoms with Crippen molar-refractivity contribution < 1.29 is 4.79 Å². The first-order valence-electron chi connectivity index (χ1n) is 4.94. The fourth-order valence-corrected chi connectivity index (χ4v) is 2.17. The molecule has 0 aliphatic rings. The van der Waals surface area contributed by atoms with Crippen LogP contribution in [-0.4, -0.2) is 10.8 Å². The van der Waals surface area contributed by atoms with E-state index in [4.69, 9.17) is 0 Å². The van der Waals surface area contributed by atoms with Crippen LogP contribution < -0.4 is 0 Å². The summed E-state index contributed by atoms with van der Waals surface area (Å²) in [5, 5.41) is 2.81. The fourth-order valence-electron chi connectivity index (χ4n) is 1.35. The molecule has 1 heterocycles. The Morgan fingerprint density at radius 2 is 2.12 bits per heavy atom. The maximum Gasteiger partial charge on any atom is 0.161 e. The number of thiazole rings is 1. The van der Waals surface area contributed by atoms with Crippen molar-refractivity contribution in [1.29, 1.82) is 0 Å². The summed E-state index contributed by atoms with van der Waals surface area (Å²) in [7, 11) is 0. The van der Waals surface area contributed by atoms with Crippen molar-refractivity contribution in [2.45, 2.75) is 6.42 Å². The van der Waals surface area contributed by atoms with Gasteiger partial charge in [-0.2, -0.15) is 0 Å². The lowest BCUT2D eigenvalue weighted by Crippen LogP contribution is -1.96. The van der Waals surface area contributed by atoms with Crippen LogP contribution in [0.1, 0.15) is 5.01 Å². The van der Waals surface area contributed by atoms with Gasteiger partial charge in [0.05, 0.1) is 12.1 Å². The van der Waals surface area contributed by atoms with Gasteiger partial charge in [0.2, 0.25) is 0 Å². The summed E-state index contributed by atoms with van der Waals surface area (Å²) in [5.41, 5.74) is 2.01. The highest BCUT2D eigenvalue weighted by atomic mass is 32.1. The van der Waals surface area contributed by atoms with Crippen LogP contribution in [0.4, 0.5) is 0 Å². The van der Waals surface area contributed by atoms with Crippen LogP contribution in [0.2, 0.25) is 0 Å². The van der Waals surface area contributed by atoms with Crippen molar-refractivity contribution in [3.63, 3.8) is 0 Å². The van der Waals surface area contributed by atoms with Crippen LogP contribution in [0, 0.1) is 0 Å². The molecule has 0 radical (unpaired) electrons. The molecule has 0 bridgehead atoms. The summed E-state index contributed by atoms with van der Waals surface area (Å²) >= 11 is 1.51. The smallest absolute Gasteiger partial charge is 0.161 e. The standard InChI is InChI=1S/C13H11NOS/c1-2-11(15)8-13-14-12(9-16-13)10-6-4-3-5-7-10/h2-7,9H,1,8H2. The maximum atomic E-state index is 11.2. The normalized spacial score (nSPS) is 10.0. The van der Waals surface area contributed by atoms with Gasteiger partial charge in [0, 0.05) is 10.9 Å². The van der Waals surface area contributed by atoms with E-state index < -0.39 is 0 Å². The monoisotopic (exact) mass is 229 g/mol. The van der Waals surface area contributed by atoms with E-state index in [0.29, 0.717) is 6.42 Å². The number of hydrogen-bond donors (Lipinski definition) is 0. The number of allylic oxidation sites excluding steroid dienone is 1. The number of aromatic nitrogens is 1. The van der Waals surface area contributed by atoms with Crippen molar-refractivity contribution >= 4 is 17.1 Å². The highest BCUT2D eigenvalue weighted by molar-refractivity contribution is 7.10. The molecule has 0 aliphatic carbocycles. The minimum absolute atomic E-state index is 0.00830. The molecule has 0 saturated heterocycles. The Kier molecular flexibility index (Phi) is 3.27. The number of carbonyl (C=O) groups excluding carboxylic acids is 1. The van der Waals surface area contributed by atoms with Crippen LogP contribution in [0.25, 0.3) is 11.3 Å². The lowest BCUT2D eigenvalue weighted by atomic mass is 10.2. The molecular formula is C13H11NOS. The largest absolute Gasteiger partial charge is 0.294 e. The molecule has 80 valence electrons. The van der Waals surface area contributed by atoms with Gasteiger partial charge < -0.3 is 0 Å². The van der Waals surface area contributed by atoms with Crippen LogP contribution in [-0.2, 0) is 11.2 Å². The molecule has 16 heavy (non-hydrogen) atoms. The third-order valence-electron chi connectivity index (χ3n) is 2.17. The van der Waals surface area contributed by atoms with Gasteiger partial charge in [-0.15, -0.1) is 11.3 Å². The first kappa shape index (κ1) is 10.8. The van der Waals surface area contributed by atoms with E-state index in [1.54, 1.807) is 0 Å². The number of nitrogens with zero attached hydrogens (tertiary/aromatic N) is 1. The maximum absolute atomic E-state index is 11.2. The lowest BCUT2D eigenvalue weighted by molar-refractivity contribution is -0.114. The molecule has 0 aliphatic heterocycles. The summed E-state index contributed by atoms with van der Waals surface area (Å²) in [5.74, 6) is 0.00830. The summed E-state index contributed by atoms with van der Waals surface area (Å²) in [6, 6.07) is 9.94. The van der Waals surface area contributed by atoms with Gasteiger partial charge in [0.1, 0.15) is 5.01 Å². The third kappa shape index (κ3) is 2.44. The average molecular weight is 229 g/mol. The molecule has 3 heteroatoms. The quantitative estimate of drug-likeness (QED) is 0.754. The fraction of sp³-hybridized carbons (Fsp3) is 0.0769. The Morgan fingerprint density at radius 1 is 1.38 bits per heavy atom. The van der Waals surface area contributed by atoms with Crippen molar-refractivity contribution in [2.24, 2.45) is 0 Å². The van der Waals surface area contributed by atoms with Gasteiger partial charge in [0.25, 0.3) is 0 Å². The van der Waals surface area contributed by atoms with Crippen LogP contribution in [0.3, 0.4) is 0 Å². The van der Waals surface area contributed by atoms with Gasteiger partial charge in [-0.3, -0.25) is 4.79 Å². The number of rotatable bonds is 4. The van der Waals surface area contributed by atoms with Gasteiger partial charge in [-0.1, -0.05) is 36.9 Å². The van der Waals surface area contributed by atoms with Gasteiger partial charge in [-0.25, -0.2) is 4.98 Å². The Morgan fingerprint density at radius 3 is 2.81 bits per heavy atom. The highest BCUT2D eigenvalue weighted by Crippen LogP contribution is 2.21. The SMILES string of the molecule is C=CC(=O)Cc1nc(-c2ccccc2)cs1. The molecule has 0 fully saturated rings. The molecule has 2 nitrogen and oxygen atoms in total. The number of benzene rings is 1. The third-order valence-corrected chi connectivity index (χ3v) is 3.02. The molecule has 0 N–H and O–H groups in total. The van der Waals surface area contributed by atoms with E-state index >= 15 is 0 Å². The predicted molar refractivity (Wildman–Crippen MR) is 66.5 cm³/mol. The summed E-state index contributed by atoms with van der Waals surface area (Å²) in [4.78, 5) is 15.6. The van der Waals surface area contributed by atoms with Crippen LogP contribution in [0.5, 0.6) is 0 Å². The zero-order valence-electron chi connectivity index (χ0n) is 8.72. The van der Waals surface area contributed by atoms with E-state index in [9.17, 15) is 4.79 Å². The second kappa shape index (κ2) is 4.86. The molecule has 2 rings (SSSR count). The van der Waals surface area contributed by atoms with Gasteiger partial charge >= 0.3 is 0 Å². The van der Waals surface area contributed by atoms with Crippen molar-refractivity contribution in [3.05, 3.63) is 53.4 Å². The summed E-state index contributed by atoms with van der Waals surface area (Å²) < 4.78 is 0. The molecule has 2 aromatic rings. The van der Waals surface area contributed by atoms with E-state index in [1.807, 2.05) is 35.7 Å². The van der Waals surface area contributed by atoms with E-state index in [0.717, 1.165) is 16.3 Å². The second-order valence-electron chi connectivity index (χ2n) is 3.34. The minimum atomic E-state index is 0.00830. The van der Waals surface area contributed by atoms with Crippen molar-refractivity contribution in [3.8, 4) is 11.3 Å². The Labute approximate surface area is 98.3 Å². The van der Waals surface area contributed by atoms with E-state index in [1.165, 1.54) is 17.4 Å². The van der Waals surface area contributed by atoms with Gasteiger partial charge in [-0.05, 0) is 6.08 Å². The lowest BCUT2D eigenvalue weighted by Gasteiger charge is -1.94. The summed E-state index contributed by atoms with van der Waals surface area (Å²) in [6.45, 7) is 3.45. The Balaban J connectivity index is 2.20. The van der Waals surface area contributed by atoms with Crippen LogP contribution in [0.15, 0.2) is 48.4 Å². The first-order chi connectivity index (χ1) is 7.79. The topological polar surface area (TPSA) is 30.0 Å². The van der Waals surface area contributed by atoms with Crippen molar-refractivity contribution in [2.75, 3.05) is 0 Å². The zero-order chi connectivity index (χ0) is 11.4. The number of ketones is 1. The van der Waals surface area contributed by atoms with Crippen LogP contribution >= 0.6 is 11.3 Å². The molecule has 1 aromatic carbocycles. The highest BCUT2D eigenvalue weighted by Gasteiger charge is 2.06. The molecule has 0 amide bonds. The molecular weight excluding hydrogens is 218 g/mol. The first-order valence-corrected chi connectivity index (χ1v) is 5.82. The Hall–Kier alpha value is -1.74. The number of hydrogen-bond acceptors (Lipinski definition) is 3. The van der Waals surface area contributed by atoms with E-state index in [2.05, 4.69) is 11.6 Å². The molecule has 0 spiro atoms. The Bertz CT molecular complexity index is 502. The predicted octanol–water partition coefficient (Wildman–Crippen LogP) is 3.11. The molecule has 0 saturated carbocycles. The molecule has 0 unspecified atom stereocenters. The molecule has 0 atom stereocenters. The van der Waals surface area contributed by atoms with Crippen molar-refractivity contribution in [1.82, 2.24) is 4.98 Å². The number of carbonyl (C=O) groups is 1. The molecule has 1 aromatic heterocycles.